The Hall–Kier alpha value is -1.05. The zero-order valence-electron chi connectivity index (χ0n) is 8.70. The molecule has 3 nitrogen and oxygen atoms in total. The molecule has 1 aromatic carbocycles. The highest BCUT2D eigenvalue weighted by atomic mass is 79.9. The highest BCUT2D eigenvalue weighted by molar-refractivity contribution is 9.10. The highest BCUT2D eigenvalue weighted by Gasteiger charge is 2.11. The van der Waals surface area contributed by atoms with E-state index in [2.05, 4.69) is 15.9 Å². The minimum atomic E-state index is -0.475. The van der Waals surface area contributed by atoms with E-state index in [1.54, 1.807) is 6.92 Å². The van der Waals surface area contributed by atoms with Crippen LogP contribution in [0, 0.1) is 11.3 Å². The van der Waals surface area contributed by atoms with Crippen molar-refractivity contribution in [3.05, 3.63) is 28.2 Å². The molecule has 0 aliphatic rings. The summed E-state index contributed by atoms with van der Waals surface area (Å²) in [4.78, 5) is 0. The van der Waals surface area contributed by atoms with Crippen LogP contribution in [0.25, 0.3) is 0 Å². The maximum Gasteiger partial charge on any atom is 0.181 e. The standard InChI is InChI=1S/C11H13BrN2O/c1-7(6-13)15-11-5-9(12)3-4-10(11)8(2)14/h3-5,7-8H,14H2,1-2H3/t7?,8-/m1/s1. The molecule has 0 saturated heterocycles. The number of halogens is 1. The van der Waals surface area contributed by atoms with Crippen molar-refractivity contribution in [3.8, 4) is 11.8 Å². The van der Waals surface area contributed by atoms with E-state index in [4.69, 9.17) is 15.7 Å². The normalized spacial score (nSPS) is 14.1. The predicted octanol–water partition coefficient (Wildman–Crippen LogP) is 2.76. The van der Waals surface area contributed by atoms with Crippen molar-refractivity contribution in [2.45, 2.75) is 26.0 Å². The summed E-state index contributed by atoms with van der Waals surface area (Å²) in [7, 11) is 0. The summed E-state index contributed by atoms with van der Waals surface area (Å²) in [5.74, 6) is 0.661. The van der Waals surface area contributed by atoms with Gasteiger partial charge in [-0.05, 0) is 26.0 Å². The second-order valence-corrected chi connectivity index (χ2v) is 4.28. The number of rotatable bonds is 3. The maximum absolute atomic E-state index is 8.68. The van der Waals surface area contributed by atoms with Crippen LogP contribution >= 0.6 is 15.9 Å². The smallest absolute Gasteiger partial charge is 0.181 e. The van der Waals surface area contributed by atoms with E-state index in [1.165, 1.54) is 0 Å². The van der Waals surface area contributed by atoms with Crippen molar-refractivity contribution in [1.29, 1.82) is 5.26 Å². The van der Waals surface area contributed by atoms with Crippen LogP contribution in [0.15, 0.2) is 22.7 Å². The van der Waals surface area contributed by atoms with Crippen molar-refractivity contribution in [1.82, 2.24) is 0 Å². The fraction of sp³-hybridized carbons (Fsp3) is 0.364. The van der Waals surface area contributed by atoms with Gasteiger partial charge in [-0.15, -0.1) is 0 Å². The molecule has 0 bridgehead atoms. The van der Waals surface area contributed by atoms with Gasteiger partial charge in [-0.1, -0.05) is 22.0 Å². The zero-order valence-corrected chi connectivity index (χ0v) is 10.3. The van der Waals surface area contributed by atoms with Gasteiger partial charge in [0.05, 0.1) is 0 Å². The van der Waals surface area contributed by atoms with E-state index in [0.717, 1.165) is 10.0 Å². The molecule has 1 unspecified atom stereocenters. The van der Waals surface area contributed by atoms with E-state index in [9.17, 15) is 0 Å². The summed E-state index contributed by atoms with van der Waals surface area (Å²) in [5, 5.41) is 8.68. The molecule has 4 heteroatoms. The van der Waals surface area contributed by atoms with E-state index < -0.39 is 6.10 Å². The lowest BCUT2D eigenvalue weighted by Crippen LogP contribution is -2.13. The van der Waals surface area contributed by atoms with Crippen LogP contribution in [0.5, 0.6) is 5.75 Å². The number of hydrogen-bond acceptors (Lipinski definition) is 3. The van der Waals surface area contributed by atoms with Crippen molar-refractivity contribution < 1.29 is 4.74 Å². The largest absolute Gasteiger partial charge is 0.475 e. The molecule has 0 aliphatic carbocycles. The lowest BCUT2D eigenvalue weighted by Gasteiger charge is -2.15. The van der Waals surface area contributed by atoms with Crippen LogP contribution in [0.1, 0.15) is 25.5 Å². The minimum Gasteiger partial charge on any atom is -0.475 e. The predicted molar refractivity (Wildman–Crippen MR) is 62.4 cm³/mol. The number of nitrogens with zero attached hydrogens (tertiary/aromatic N) is 1. The summed E-state index contributed by atoms with van der Waals surface area (Å²) in [6.07, 6.45) is -0.475. The second kappa shape index (κ2) is 5.15. The van der Waals surface area contributed by atoms with Gasteiger partial charge in [-0.3, -0.25) is 0 Å². The Morgan fingerprint density at radius 1 is 1.47 bits per heavy atom. The van der Waals surface area contributed by atoms with Crippen molar-refractivity contribution in [2.24, 2.45) is 5.73 Å². The number of hydrogen-bond donors (Lipinski definition) is 1. The van der Waals surface area contributed by atoms with Gasteiger partial charge in [0.15, 0.2) is 6.10 Å². The Balaban J connectivity index is 3.03. The fourth-order valence-corrected chi connectivity index (χ4v) is 1.54. The van der Waals surface area contributed by atoms with Gasteiger partial charge in [-0.25, -0.2) is 0 Å². The summed E-state index contributed by atoms with van der Waals surface area (Å²) in [6.45, 7) is 3.58. The van der Waals surface area contributed by atoms with Gasteiger partial charge >= 0.3 is 0 Å². The Kier molecular flexibility index (Phi) is 4.13. The Bertz CT molecular complexity index is 385. The zero-order chi connectivity index (χ0) is 11.4. The lowest BCUT2D eigenvalue weighted by atomic mass is 10.1. The van der Waals surface area contributed by atoms with E-state index in [0.29, 0.717) is 5.75 Å². The van der Waals surface area contributed by atoms with Gasteiger partial charge in [0.2, 0.25) is 0 Å². The number of ether oxygens (including phenoxy) is 1. The third-order valence-electron chi connectivity index (χ3n) is 1.95. The second-order valence-electron chi connectivity index (χ2n) is 3.36. The summed E-state index contributed by atoms with van der Waals surface area (Å²) in [5.41, 5.74) is 6.71. The van der Waals surface area contributed by atoms with Crippen LogP contribution in [0.4, 0.5) is 0 Å². The average Bonchev–Trinajstić information content (AvgIpc) is 2.17. The molecule has 2 N–H and O–H groups in total. The summed E-state index contributed by atoms with van der Waals surface area (Å²) in [6, 6.07) is 7.54. The molecular formula is C11H13BrN2O. The van der Waals surface area contributed by atoms with Crippen LogP contribution in [-0.4, -0.2) is 6.10 Å². The van der Waals surface area contributed by atoms with Crippen molar-refractivity contribution in [3.63, 3.8) is 0 Å². The Morgan fingerprint density at radius 2 is 2.13 bits per heavy atom. The fourth-order valence-electron chi connectivity index (χ4n) is 1.20. The Morgan fingerprint density at radius 3 is 2.67 bits per heavy atom. The van der Waals surface area contributed by atoms with Crippen molar-refractivity contribution >= 4 is 15.9 Å². The molecule has 0 spiro atoms. The van der Waals surface area contributed by atoms with E-state index in [-0.39, 0.29) is 6.04 Å². The van der Waals surface area contributed by atoms with Gasteiger partial charge in [0, 0.05) is 16.1 Å². The highest BCUT2D eigenvalue weighted by Crippen LogP contribution is 2.28. The molecule has 0 fully saturated rings. The molecule has 1 aromatic rings. The first-order valence-corrected chi connectivity index (χ1v) is 5.45. The monoisotopic (exact) mass is 268 g/mol. The molecule has 1 rings (SSSR count). The molecule has 80 valence electrons. The third kappa shape index (κ3) is 3.22. The van der Waals surface area contributed by atoms with Gasteiger partial charge in [-0.2, -0.15) is 5.26 Å². The van der Waals surface area contributed by atoms with Crippen LogP contribution in [0.3, 0.4) is 0 Å². The first-order valence-electron chi connectivity index (χ1n) is 4.66. The molecule has 2 atom stereocenters. The molecule has 15 heavy (non-hydrogen) atoms. The maximum atomic E-state index is 8.68. The summed E-state index contributed by atoms with van der Waals surface area (Å²) >= 11 is 3.35. The quantitative estimate of drug-likeness (QED) is 0.917. The molecule has 0 radical (unpaired) electrons. The topological polar surface area (TPSA) is 59.0 Å². The van der Waals surface area contributed by atoms with Crippen molar-refractivity contribution in [2.75, 3.05) is 0 Å². The van der Waals surface area contributed by atoms with Gasteiger partial charge in [0.1, 0.15) is 11.8 Å². The number of nitrogens with two attached hydrogens (primary N) is 1. The van der Waals surface area contributed by atoms with Gasteiger partial charge in [0.25, 0.3) is 0 Å². The lowest BCUT2D eigenvalue weighted by molar-refractivity contribution is 0.272. The molecule has 0 amide bonds. The number of nitriles is 1. The van der Waals surface area contributed by atoms with Crippen LogP contribution in [-0.2, 0) is 0 Å². The van der Waals surface area contributed by atoms with Gasteiger partial charge < -0.3 is 10.5 Å². The molecular weight excluding hydrogens is 256 g/mol. The third-order valence-corrected chi connectivity index (χ3v) is 2.44. The SMILES string of the molecule is CC(C#N)Oc1cc(Br)ccc1[C@@H](C)N. The van der Waals surface area contributed by atoms with Crippen LogP contribution < -0.4 is 10.5 Å². The minimum absolute atomic E-state index is 0.112. The molecule has 0 saturated carbocycles. The number of benzene rings is 1. The summed E-state index contributed by atoms with van der Waals surface area (Å²) < 4.78 is 6.37. The average molecular weight is 269 g/mol. The van der Waals surface area contributed by atoms with Crippen LogP contribution in [0.2, 0.25) is 0 Å². The van der Waals surface area contributed by atoms with E-state index >= 15 is 0 Å². The molecule has 0 aromatic heterocycles. The Labute approximate surface area is 98.0 Å². The first-order chi connectivity index (χ1) is 7.04. The molecule has 0 heterocycles. The van der Waals surface area contributed by atoms with E-state index in [1.807, 2.05) is 31.2 Å². The first kappa shape index (κ1) is 12.0. The molecule has 0 aliphatic heterocycles.